The van der Waals surface area contributed by atoms with Gasteiger partial charge in [0.2, 0.25) is 0 Å². The monoisotopic (exact) mass is 275 g/mol. The molecule has 1 aromatic carbocycles. The van der Waals surface area contributed by atoms with Crippen LogP contribution in [0.25, 0.3) is 5.69 Å². The fourth-order valence-corrected chi connectivity index (χ4v) is 1.46. The van der Waals surface area contributed by atoms with Crippen molar-refractivity contribution < 1.29 is 4.74 Å². The van der Waals surface area contributed by atoms with Crippen molar-refractivity contribution in [2.75, 3.05) is 12.8 Å². The van der Waals surface area contributed by atoms with Crippen LogP contribution in [0.2, 0.25) is 0 Å². The SMILES string of the molecule is COc1cc(N)ccc1-n1cnc(C)c1.Cl.Cl. The molecule has 17 heavy (non-hydrogen) atoms. The van der Waals surface area contributed by atoms with Crippen LogP contribution in [0.4, 0.5) is 5.69 Å². The van der Waals surface area contributed by atoms with Gasteiger partial charge in [0.15, 0.2) is 0 Å². The minimum Gasteiger partial charge on any atom is -0.494 e. The Balaban J connectivity index is 0.00000128. The Bertz CT molecular complexity index is 485. The molecule has 0 amide bonds. The summed E-state index contributed by atoms with van der Waals surface area (Å²) in [5, 5.41) is 0. The Morgan fingerprint density at radius 3 is 2.53 bits per heavy atom. The second kappa shape index (κ2) is 6.37. The Hall–Kier alpha value is -1.39. The lowest BCUT2D eigenvalue weighted by Crippen LogP contribution is -1.96. The van der Waals surface area contributed by atoms with Gasteiger partial charge in [-0.05, 0) is 19.1 Å². The van der Waals surface area contributed by atoms with E-state index in [1.54, 1.807) is 19.5 Å². The topological polar surface area (TPSA) is 53.1 Å². The molecule has 0 fully saturated rings. The average molecular weight is 276 g/mol. The number of aromatic nitrogens is 2. The summed E-state index contributed by atoms with van der Waals surface area (Å²) in [5.41, 5.74) is 8.27. The van der Waals surface area contributed by atoms with Crippen molar-refractivity contribution in [2.24, 2.45) is 0 Å². The molecule has 6 heteroatoms. The van der Waals surface area contributed by atoms with Crippen molar-refractivity contribution in [2.45, 2.75) is 6.92 Å². The van der Waals surface area contributed by atoms with Crippen LogP contribution < -0.4 is 10.5 Å². The number of benzene rings is 1. The molecular formula is C11H15Cl2N3O. The summed E-state index contributed by atoms with van der Waals surface area (Å²) >= 11 is 0. The molecule has 2 N–H and O–H groups in total. The van der Waals surface area contributed by atoms with E-state index in [1.165, 1.54) is 0 Å². The minimum atomic E-state index is 0. The number of ether oxygens (including phenoxy) is 1. The van der Waals surface area contributed by atoms with Gasteiger partial charge in [0.25, 0.3) is 0 Å². The summed E-state index contributed by atoms with van der Waals surface area (Å²) in [6, 6.07) is 5.55. The number of nitrogens with zero attached hydrogens (tertiary/aromatic N) is 2. The number of hydrogen-bond donors (Lipinski definition) is 1. The van der Waals surface area contributed by atoms with Crippen LogP contribution in [0.3, 0.4) is 0 Å². The van der Waals surface area contributed by atoms with Gasteiger partial charge in [0.1, 0.15) is 5.75 Å². The third-order valence-corrected chi connectivity index (χ3v) is 2.19. The molecule has 0 unspecified atom stereocenters. The maximum Gasteiger partial charge on any atom is 0.144 e. The van der Waals surface area contributed by atoms with Gasteiger partial charge in [0.05, 0.1) is 24.8 Å². The van der Waals surface area contributed by atoms with Crippen molar-refractivity contribution >= 4 is 30.5 Å². The van der Waals surface area contributed by atoms with E-state index < -0.39 is 0 Å². The number of imidazole rings is 1. The zero-order valence-corrected chi connectivity index (χ0v) is 11.2. The van der Waals surface area contributed by atoms with Gasteiger partial charge in [0, 0.05) is 18.0 Å². The molecule has 0 radical (unpaired) electrons. The van der Waals surface area contributed by atoms with Crippen molar-refractivity contribution in [1.82, 2.24) is 9.55 Å². The fraction of sp³-hybridized carbons (Fsp3) is 0.182. The van der Waals surface area contributed by atoms with Crippen molar-refractivity contribution in [3.8, 4) is 11.4 Å². The normalized spacial score (nSPS) is 9.06. The Morgan fingerprint density at radius 2 is 2.00 bits per heavy atom. The predicted octanol–water partition coefficient (Wildman–Crippen LogP) is 2.62. The molecular weight excluding hydrogens is 261 g/mol. The molecule has 0 bridgehead atoms. The number of aryl methyl sites for hydroxylation is 1. The zero-order valence-electron chi connectivity index (χ0n) is 9.58. The molecule has 0 spiro atoms. The van der Waals surface area contributed by atoms with Crippen LogP contribution in [0.15, 0.2) is 30.7 Å². The highest BCUT2D eigenvalue weighted by atomic mass is 35.5. The van der Waals surface area contributed by atoms with E-state index in [4.69, 9.17) is 10.5 Å². The summed E-state index contributed by atoms with van der Waals surface area (Å²) in [4.78, 5) is 4.17. The van der Waals surface area contributed by atoms with E-state index in [0.29, 0.717) is 5.69 Å². The van der Waals surface area contributed by atoms with Crippen LogP contribution >= 0.6 is 24.8 Å². The molecule has 2 rings (SSSR count). The van der Waals surface area contributed by atoms with Gasteiger partial charge in [-0.1, -0.05) is 0 Å². The molecule has 0 saturated heterocycles. The quantitative estimate of drug-likeness (QED) is 0.858. The second-order valence-electron chi connectivity index (χ2n) is 3.35. The Morgan fingerprint density at radius 1 is 1.29 bits per heavy atom. The van der Waals surface area contributed by atoms with Crippen LogP contribution in [0.1, 0.15) is 5.69 Å². The highest BCUT2D eigenvalue weighted by Gasteiger charge is 2.05. The first kappa shape index (κ1) is 15.6. The molecule has 0 saturated carbocycles. The molecule has 1 aromatic heterocycles. The Kier molecular flexibility index (Phi) is 5.85. The van der Waals surface area contributed by atoms with Crippen LogP contribution in [-0.4, -0.2) is 16.7 Å². The number of hydrogen-bond acceptors (Lipinski definition) is 3. The summed E-state index contributed by atoms with van der Waals surface area (Å²) in [7, 11) is 1.63. The van der Waals surface area contributed by atoms with Crippen molar-refractivity contribution in [1.29, 1.82) is 0 Å². The predicted molar refractivity (Wildman–Crippen MR) is 73.8 cm³/mol. The zero-order chi connectivity index (χ0) is 10.8. The number of anilines is 1. The smallest absolute Gasteiger partial charge is 0.144 e. The first-order valence-corrected chi connectivity index (χ1v) is 4.65. The van der Waals surface area contributed by atoms with Crippen LogP contribution in [0.5, 0.6) is 5.75 Å². The molecule has 0 aliphatic carbocycles. The molecule has 2 aromatic rings. The highest BCUT2D eigenvalue weighted by Crippen LogP contribution is 2.25. The summed E-state index contributed by atoms with van der Waals surface area (Å²) in [6.07, 6.45) is 3.69. The summed E-state index contributed by atoms with van der Waals surface area (Å²) < 4.78 is 7.17. The summed E-state index contributed by atoms with van der Waals surface area (Å²) in [5.74, 6) is 0.743. The first-order chi connectivity index (χ1) is 7.20. The number of rotatable bonds is 2. The van der Waals surface area contributed by atoms with E-state index in [9.17, 15) is 0 Å². The third-order valence-electron chi connectivity index (χ3n) is 2.19. The highest BCUT2D eigenvalue weighted by molar-refractivity contribution is 5.85. The maximum atomic E-state index is 5.68. The summed E-state index contributed by atoms with van der Waals surface area (Å²) in [6.45, 7) is 1.94. The standard InChI is InChI=1S/C11H13N3O.2ClH/c1-8-6-14(7-13-8)10-4-3-9(12)5-11(10)15-2;;/h3-7H,12H2,1-2H3;2*1H. The van der Waals surface area contributed by atoms with E-state index in [1.807, 2.05) is 29.8 Å². The molecule has 0 aliphatic heterocycles. The van der Waals surface area contributed by atoms with E-state index >= 15 is 0 Å². The van der Waals surface area contributed by atoms with Gasteiger partial charge in [-0.15, -0.1) is 24.8 Å². The van der Waals surface area contributed by atoms with Crippen molar-refractivity contribution in [3.05, 3.63) is 36.4 Å². The number of methoxy groups -OCH3 is 1. The Labute approximate surface area is 113 Å². The van der Waals surface area contributed by atoms with E-state index in [-0.39, 0.29) is 24.8 Å². The molecule has 0 atom stereocenters. The molecule has 1 heterocycles. The van der Waals surface area contributed by atoms with Crippen LogP contribution in [-0.2, 0) is 0 Å². The molecule has 94 valence electrons. The van der Waals surface area contributed by atoms with Gasteiger partial charge >= 0.3 is 0 Å². The second-order valence-corrected chi connectivity index (χ2v) is 3.35. The first-order valence-electron chi connectivity index (χ1n) is 4.65. The lowest BCUT2D eigenvalue weighted by atomic mass is 10.2. The lowest BCUT2D eigenvalue weighted by Gasteiger charge is -2.09. The van der Waals surface area contributed by atoms with Gasteiger partial charge in [-0.3, -0.25) is 0 Å². The van der Waals surface area contributed by atoms with Gasteiger partial charge < -0.3 is 15.0 Å². The van der Waals surface area contributed by atoms with Crippen LogP contribution in [0, 0.1) is 6.92 Å². The molecule has 4 nitrogen and oxygen atoms in total. The maximum absolute atomic E-state index is 5.68. The largest absolute Gasteiger partial charge is 0.494 e. The minimum absolute atomic E-state index is 0. The van der Waals surface area contributed by atoms with Gasteiger partial charge in [-0.25, -0.2) is 4.98 Å². The van der Waals surface area contributed by atoms with E-state index in [2.05, 4.69) is 4.98 Å². The van der Waals surface area contributed by atoms with Gasteiger partial charge in [-0.2, -0.15) is 0 Å². The fourth-order valence-electron chi connectivity index (χ4n) is 1.46. The number of halogens is 2. The number of nitrogens with two attached hydrogens (primary N) is 1. The number of nitrogen functional groups attached to an aromatic ring is 1. The van der Waals surface area contributed by atoms with E-state index in [0.717, 1.165) is 17.1 Å². The lowest BCUT2D eigenvalue weighted by molar-refractivity contribution is 0.413. The van der Waals surface area contributed by atoms with Crippen molar-refractivity contribution in [3.63, 3.8) is 0 Å². The average Bonchev–Trinajstić information content (AvgIpc) is 2.64. The molecule has 0 aliphatic rings. The third kappa shape index (κ3) is 3.28.